The summed E-state index contributed by atoms with van der Waals surface area (Å²) >= 11 is 1.40. The molecule has 2 aromatic carbocycles. The van der Waals surface area contributed by atoms with Gasteiger partial charge in [-0.1, -0.05) is 23.9 Å². The van der Waals surface area contributed by atoms with Crippen molar-refractivity contribution in [1.29, 1.82) is 0 Å². The molecule has 0 saturated heterocycles. The third-order valence-electron chi connectivity index (χ3n) is 3.49. The standard InChI is InChI=1S/C18H19N3O5S/c1-11(22)26-21(18(23)19-20(2)3)16-13(24-4)9-10-14-17(16)27-15-8-6-5-7-12(15)25-14/h5-10H,1-4H3,(H,19,23). The van der Waals surface area contributed by atoms with Crippen molar-refractivity contribution in [3.8, 4) is 17.2 Å². The number of benzene rings is 2. The molecule has 2 aromatic rings. The zero-order valence-electron chi connectivity index (χ0n) is 15.3. The Bertz CT molecular complexity index is 887. The van der Waals surface area contributed by atoms with E-state index >= 15 is 0 Å². The lowest BCUT2D eigenvalue weighted by Crippen LogP contribution is -2.47. The van der Waals surface area contributed by atoms with Crippen LogP contribution in [0.4, 0.5) is 10.5 Å². The highest BCUT2D eigenvalue weighted by atomic mass is 32.2. The predicted octanol–water partition coefficient (Wildman–Crippen LogP) is 3.42. The number of nitrogens with zero attached hydrogens (tertiary/aromatic N) is 2. The van der Waals surface area contributed by atoms with Gasteiger partial charge >= 0.3 is 12.0 Å². The van der Waals surface area contributed by atoms with E-state index in [1.807, 2.05) is 24.3 Å². The molecule has 1 heterocycles. The van der Waals surface area contributed by atoms with Crippen LogP contribution >= 0.6 is 11.8 Å². The summed E-state index contributed by atoms with van der Waals surface area (Å²) in [5, 5.41) is 2.32. The van der Waals surface area contributed by atoms with Gasteiger partial charge in [0.2, 0.25) is 0 Å². The average molecular weight is 389 g/mol. The number of para-hydroxylation sites is 1. The number of carbonyl (C=O) groups is 2. The molecule has 8 nitrogen and oxygen atoms in total. The highest BCUT2D eigenvalue weighted by Gasteiger charge is 2.32. The summed E-state index contributed by atoms with van der Waals surface area (Å²) < 4.78 is 11.4. The molecule has 1 aliphatic rings. The van der Waals surface area contributed by atoms with Crippen molar-refractivity contribution >= 4 is 29.4 Å². The number of fused-ring (bicyclic) bond motifs is 2. The molecule has 0 aromatic heterocycles. The van der Waals surface area contributed by atoms with E-state index in [4.69, 9.17) is 14.3 Å². The number of nitrogens with one attached hydrogen (secondary N) is 1. The Morgan fingerprint density at radius 3 is 2.52 bits per heavy atom. The molecule has 0 radical (unpaired) electrons. The minimum Gasteiger partial charge on any atom is -0.494 e. The second-order valence-corrected chi connectivity index (χ2v) is 6.84. The van der Waals surface area contributed by atoms with Gasteiger partial charge in [-0.05, 0) is 24.3 Å². The molecule has 2 amide bonds. The summed E-state index contributed by atoms with van der Waals surface area (Å²) in [6.07, 6.45) is 0. The molecule has 9 heteroatoms. The third kappa shape index (κ3) is 3.93. The smallest absolute Gasteiger partial charge is 0.370 e. The van der Waals surface area contributed by atoms with Crippen molar-refractivity contribution in [2.24, 2.45) is 0 Å². The summed E-state index contributed by atoms with van der Waals surface area (Å²) in [6.45, 7) is 1.22. The Hall–Kier alpha value is -2.91. The van der Waals surface area contributed by atoms with Gasteiger partial charge in [0.05, 0.1) is 16.9 Å². The highest BCUT2D eigenvalue weighted by molar-refractivity contribution is 7.99. The number of anilines is 1. The normalized spacial score (nSPS) is 11.7. The number of amides is 2. The van der Waals surface area contributed by atoms with E-state index in [-0.39, 0.29) is 5.69 Å². The van der Waals surface area contributed by atoms with Crippen LogP contribution in [-0.4, -0.2) is 38.2 Å². The molecule has 0 fully saturated rings. The molecule has 142 valence electrons. The van der Waals surface area contributed by atoms with Crippen molar-refractivity contribution in [3.63, 3.8) is 0 Å². The Labute approximate surface area is 160 Å². The maximum absolute atomic E-state index is 12.7. The van der Waals surface area contributed by atoms with E-state index in [1.165, 1.54) is 30.8 Å². The monoisotopic (exact) mass is 389 g/mol. The van der Waals surface area contributed by atoms with E-state index < -0.39 is 12.0 Å². The Morgan fingerprint density at radius 2 is 1.85 bits per heavy atom. The number of urea groups is 1. The summed E-state index contributed by atoms with van der Waals surface area (Å²) in [4.78, 5) is 31.0. The van der Waals surface area contributed by atoms with Crippen LogP contribution in [0.1, 0.15) is 6.92 Å². The first-order chi connectivity index (χ1) is 12.9. The lowest BCUT2D eigenvalue weighted by atomic mass is 10.2. The van der Waals surface area contributed by atoms with Crippen molar-refractivity contribution < 1.29 is 23.9 Å². The zero-order chi connectivity index (χ0) is 19.6. The highest BCUT2D eigenvalue weighted by Crippen LogP contribution is 2.53. The Morgan fingerprint density at radius 1 is 1.11 bits per heavy atom. The number of carbonyl (C=O) groups excluding carboxylic acids is 2. The first-order valence-electron chi connectivity index (χ1n) is 8.03. The van der Waals surface area contributed by atoms with Gasteiger partial charge in [0, 0.05) is 21.0 Å². The van der Waals surface area contributed by atoms with Gasteiger partial charge in [0.25, 0.3) is 0 Å². The van der Waals surface area contributed by atoms with E-state index in [2.05, 4.69) is 5.43 Å². The molecule has 3 rings (SSSR count). The number of hydrogen-bond acceptors (Lipinski definition) is 7. The van der Waals surface area contributed by atoms with Gasteiger partial charge < -0.3 is 14.3 Å². The molecule has 0 saturated carbocycles. The van der Waals surface area contributed by atoms with E-state index in [0.29, 0.717) is 22.1 Å². The van der Waals surface area contributed by atoms with Gasteiger partial charge in [-0.3, -0.25) is 5.43 Å². The van der Waals surface area contributed by atoms with E-state index in [9.17, 15) is 9.59 Å². The van der Waals surface area contributed by atoms with Crippen LogP contribution in [0.3, 0.4) is 0 Å². The number of methoxy groups -OCH3 is 1. The zero-order valence-corrected chi connectivity index (χ0v) is 16.1. The summed E-state index contributed by atoms with van der Waals surface area (Å²) in [7, 11) is 4.77. The predicted molar refractivity (Wildman–Crippen MR) is 100 cm³/mol. The van der Waals surface area contributed by atoms with Crippen LogP contribution in [0.25, 0.3) is 0 Å². The van der Waals surface area contributed by atoms with Gasteiger partial charge in [-0.15, -0.1) is 5.06 Å². The number of hydrazine groups is 1. The fourth-order valence-electron chi connectivity index (χ4n) is 2.47. The second-order valence-electron chi connectivity index (χ2n) is 5.78. The van der Waals surface area contributed by atoms with E-state index in [0.717, 1.165) is 9.96 Å². The van der Waals surface area contributed by atoms with Crippen molar-refractivity contribution in [3.05, 3.63) is 36.4 Å². The van der Waals surface area contributed by atoms with Crippen LogP contribution in [0.15, 0.2) is 46.2 Å². The number of hydrogen-bond donors (Lipinski definition) is 1. The van der Waals surface area contributed by atoms with Gasteiger partial charge in [0.1, 0.15) is 22.9 Å². The molecular weight excluding hydrogens is 370 g/mol. The van der Waals surface area contributed by atoms with Crippen molar-refractivity contribution in [1.82, 2.24) is 10.4 Å². The fourth-order valence-corrected chi connectivity index (χ4v) is 3.54. The number of rotatable bonds is 3. The quantitative estimate of drug-likeness (QED) is 0.688. The van der Waals surface area contributed by atoms with Gasteiger partial charge in [-0.2, -0.15) is 0 Å². The number of hydroxylamine groups is 1. The minimum atomic E-state index is -0.652. The van der Waals surface area contributed by atoms with Crippen molar-refractivity contribution in [2.45, 2.75) is 16.7 Å². The molecule has 0 atom stereocenters. The molecule has 1 aliphatic heterocycles. The Balaban J connectivity index is 2.12. The SMILES string of the molecule is COc1ccc2c(c1N(OC(C)=O)C(=O)NN(C)C)Sc1ccccc1O2. The molecule has 27 heavy (non-hydrogen) atoms. The van der Waals surface area contributed by atoms with Crippen LogP contribution in [-0.2, 0) is 9.63 Å². The largest absolute Gasteiger partial charge is 0.494 e. The van der Waals surface area contributed by atoms with Crippen LogP contribution in [0.2, 0.25) is 0 Å². The van der Waals surface area contributed by atoms with Gasteiger partial charge in [-0.25, -0.2) is 14.6 Å². The fraction of sp³-hybridized carbons (Fsp3) is 0.222. The van der Waals surface area contributed by atoms with E-state index in [1.54, 1.807) is 26.2 Å². The van der Waals surface area contributed by atoms with Crippen LogP contribution in [0, 0.1) is 0 Å². The molecule has 0 spiro atoms. The summed E-state index contributed by atoms with van der Waals surface area (Å²) in [5.74, 6) is 0.956. The van der Waals surface area contributed by atoms with Gasteiger partial charge in [0.15, 0.2) is 0 Å². The molecule has 0 bridgehead atoms. The topological polar surface area (TPSA) is 80.3 Å². The maximum atomic E-state index is 12.7. The Kier molecular flexibility index (Phi) is 5.43. The lowest BCUT2D eigenvalue weighted by Gasteiger charge is -2.28. The first-order valence-corrected chi connectivity index (χ1v) is 8.84. The molecule has 0 aliphatic carbocycles. The second kappa shape index (κ2) is 7.77. The summed E-state index contributed by atoms with van der Waals surface area (Å²) in [5.41, 5.74) is 2.84. The number of ether oxygens (including phenoxy) is 2. The first kappa shape index (κ1) is 18.9. The summed E-state index contributed by atoms with van der Waals surface area (Å²) in [6, 6.07) is 10.3. The molecule has 1 N–H and O–H groups in total. The van der Waals surface area contributed by atoms with Crippen LogP contribution < -0.4 is 20.0 Å². The average Bonchev–Trinajstić information content (AvgIpc) is 2.63. The minimum absolute atomic E-state index is 0.282. The van der Waals surface area contributed by atoms with Crippen molar-refractivity contribution in [2.75, 3.05) is 26.3 Å². The molecule has 0 unspecified atom stereocenters. The third-order valence-corrected chi connectivity index (χ3v) is 4.64. The maximum Gasteiger partial charge on any atom is 0.370 e. The lowest BCUT2D eigenvalue weighted by molar-refractivity contribution is -0.141. The van der Waals surface area contributed by atoms with Crippen LogP contribution in [0.5, 0.6) is 17.2 Å². The molecular formula is C18H19N3O5S.